The summed E-state index contributed by atoms with van der Waals surface area (Å²) in [7, 11) is 0. The van der Waals surface area contributed by atoms with Crippen LogP contribution in [-0.4, -0.2) is 17.8 Å². The van der Waals surface area contributed by atoms with E-state index in [4.69, 9.17) is 11.6 Å². The van der Waals surface area contributed by atoms with Crippen molar-refractivity contribution in [2.45, 2.75) is 39.0 Å². The minimum absolute atomic E-state index is 0.0698. The van der Waals surface area contributed by atoms with Gasteiger partial charge in [-0.15, -0.1) is 11.6 Å². The Hall–Kier alpha value is -0.240. The maximum atomic E-state index is 11.1. The molecule has 0 saturated heterocycles. The molecule has 0 aromatic heterocycles. The average molecular weight is 192 g/mol. The van der Waals surface area contributed by atoms with Gasteiger partial charge in [-0.2, -0.15) is 0 Å². The zero-order chi connectivity index (χ0) is 9.56. The van der Waals surface area contributed by atoms with Crippen LogP contribution in [0.15, 0.2) is 0 Å². The first-order valence-electron chi connectivity index (χ1n) is 4.49. The Kier molecular flexibility index (Phi) is 6.17. The minimum atomic E-state index is 0.0698. The number of carbonyl (C=O) groups excluding carboxylic acids is 1. The van der Waals surface area contributed by atoms with E-state index in [9.17, 15) is 4.79 Å². The first-order valence-corrected chi connectivity index (χ1v) is 4.93. The summed E-state index contributed by atoms with van der Waals surface area (Å²) in [6.45, 7) is 6.50. The van der Waals surface area contributed by atoms with E-state index in [1.807, 2.05) is 20.8 Å². The Balaban J connectivity index is 3.37. The highest BCUT2D eigenvalue weighted by Crippen LogP contribution is 2.04. The fourth-order valence-electron chi connectivity index (χ4n) is 0.760. The molecular formula is C9H18ClNO. The Morgan fingerprint density at radius 3 is 2.50 bits per heavy atom. The van der Waals surface area contributed by atoms with Gasteiger partial charge < -0.3 is 5.32 Å². The van der Waals surface area contributed by atoms with Gasteiger partial charge >= 0.3 is 0 Å². The largest absolute Gasteiger partial charge is 0.356 e. The molecule has 1 amide bonds. The van der Waals surface area contributed by atoms with E-state index >= 15 is 0 Å². The van der Waals surface area contributed by atoms with Crippen LogP contribution in [0.5, 0.6) is 0 Å². The number of alkyl halides is 1. The molecule has 3 heteroatoms. The second kappa shape index (κ2) is 6.30. The molecule has 1 N–H and O–H groups in total. The topological polar surface area (TPSA) is 29.1 Å². The zero-order valence-corrected chi connectivity index (χ0v) is 8.82. The van der Waals surface area contributed by atoms with Gasteiger partial charge in [-0.05, 0) is 12.8 Å². The maximum Gasteiger partial charge on any atom is 0.222 e. The summed E-state index contributed by atoms with van der Waals surface area (Å²) in [5, 5.41) is 3.02. The molecule has 0 aromatic rings. The molecule has 0 aromatic carbocycles. The molecule has 0 saturated carbocycles. The van der Waals surface area contributed by atoms with Crippen LogP contribution < -0.4 is 5.32 Å². The second-order valence-corrected chi connectivity index (χ2v) is 3.86. The number of halogens is 1. The smallest absolute Gasteiger partial charge is 0.222 e. The van der Waals surface area contributed by atoms with E-state index in [0.717, 1.165) is 12.8 Å². The lowest BCUT2D eigenvalue weighted by molar-refractivity contribution is -0.123. The Morgan fingerprint density at radius 1 is 1.50 bits per heavy atom. The normalized spacial score (nSPS) is 13.1. The van der Waals surface area contributed by atoms with E-state index in [-0.39, 0.29) is 17.2 Å². The van der Waals surface area contributed by atoms with Crippen molar-refractivity contribution in [2.24, 2.45) is 5.92 Å². The van der Waals surface area contributed by atoms with E-state index in [0.29, 0.717) is 6.54 Å². The number of amides is 1. The predicted molar refractivity (Wildman–Crippen MR) is 52.4 cm³/mol. The molecule has 0 aliphatic heterocycles. The molecule has 0 aliphatic carbocycles. The number of hydrogen-bond acceptors (Lipinski definition) is 1. The first-order chi connectivity index (χ1) is 5.57. The molecule has 0 fully saturated rings. The summed E-state index contributed by atoms with van der Waals surface area (Å²) < 4.78 is 0. The monoisotopic (exact) mass is 191 g/mol. The van der Waals surface area contributed by atoms with E-state index in [2.05, 4.69) is 5.32 Å². The molecule has 0 heterocycles. The molecule has 0 rings (SSSR count). The maximum absolute atomic E-state index is 11.1. The minimum Gasteiger partial charge on any atom is -0.356 e. The van der Waals surface area contributed by atoms with Gasteiger partial charge in [0.15, 0.2) is 0 Å². The third-order valence-corrected chi connectivity index (χ3v) is 2.25. The van der Waals surface area contributed by atoms with Crippen molar-refractivity contribution in [1.82, 2.24) is 5.32 Å². The lowest BCUT2D eigenvalue weighted by atomic mass is 10.2. The summed E-state index contributed by atoms with van der Waals surface area (Å²) in [6, 6.07) is 0. The van der Waals surface area contributed by atoms with Gasteiger partial charge in [0, 0.05) is 17.8 Å². The summed E-state index contributed by atoms with van der Waals surface area (Å²) in [5.41, 5.74) is 0. The zero-order valence-electron chi connectivity index (χ0n) is 8.06. The van der Waals surface area contributed by atoms with Crippen molar-refractivity contribution < 1.29 is 4.79 Å². The molecule has 0 radical (unpaired) electrons. The molecule has 0 bridgehead atoms. The highest BCUT2D eigenvalue weighted by atomic mass is 35.5. The fraction of sp³-hybridized carbons (Fsp3) is 0.889. The Labute approximate surface area is 79.7 Å². The van der Waals surface area contributed by atoms with Crippen molar-refractivity contribution in [1.29, 1.82) is 0 Å². The Bertz CT molecular complexity index is 136. The van der Waals surface area contributed by atoms with Crippen LogP contribution in [0.4, 0.5) is 0 Å². The molecule has 0 spiro atoms. The second-order valence-electron chi connectivity index (χ2n) is 3.24. The molecular weight excluding hydrogens is 174 g/mol. The van der Waals surface area contributed by atoms with Gasteiger partial charge in [-0.3, -0.25) is 4.79 Å². The summed E-state index contributed by atoms with van der Waals surface area (Å²) >= 11 is 5.88. The van der Waals surface area contributed by atoms with Gasteiger partial charge in [0.1, 0.15) is 0 Å². The van der Waals surface area contributed by atoms with E-state index < -0.39 is 0 Å². The quantitative estimate of drug-likeness (QED) is 0.664. The van der Waals surface area contributed by atoms with Crippen molar-refractivity contribution in [3.8, 4) is 0 Å². The van der Waals surface area contributed by atoms with Crippen molar-refractivity contribution >= 4 is 17.5 Å². The third kappa shape index (κ3) is 5.42. The molecule has 1 unspecified atom stereocenters. The predicted octanol–water partition coefficient (Wildman–Crippen LogP) is 2.17. The molecule has 2 nitrogen and oxygen atoms in total. The van der Waals surface area contributed by atoms with Crippen LogP contribution in [0.1, 0.15) is 33.6 Å². The molecule has 12 heavy (non-hydrogen) atoms. The number of carbonyl (C=O) groups is 1. The van der Waals surface area contributed by atoms with E-state index in [1.54, 1.807) is 0 Å². The summed E-state index contributed by atoms with van der Waals surface area (Å²) in [4.78, 5) is 11.1. The molecule has 0 aliphatic rings. The number of rotatable bonds is 5. The highest BCUT2D eigenvalue weighted by molar-refractivity contribution is 6.20. The SMILES string of the molecule is CCC(Cl)CCNC(=O)C(C)C. The highest BCUT2D eigenvalue weighted by Gasteiger charge is 2.06. The summed E-state index contributed by atoms with van der Waals surface area (Å²) in [5.74, 6) is 0.176. The third-order valence-electron chi connectivity index (χ3n) is 1.72. The van der Waals surface area contributed by atoms with Crippen LogP contribution in [-0.2, 0) is 4.79 Å². The van der Waals surface area contributed by atoms with Crippen molar-refractivity contribution in [3.63, 3.8) is 0 Å². The number of hydrogen-bond donors (Lipinski definition) is 1. The number of nitrogens with one attached hydrogen (secondary N) is 1. The van der Waals surface area contributed by atoms with Gasteiger partial charge in [-0.25, -0.2) is 0 Å². The van der Waals surface area contributed by atoms with Crippen LogP contribution in [0, 0.1) is 5.92 Å². The van der Waals surface area contributed by atoms with Gasteiger partial charge in [-0.1, -0.05) is 20.8 Å². The van der Waals surface area contributed by atoms with Gasteiger partial charge in [0.05, 0.1) is 0 Å². The lowest BCUT2D eigenvalue weighted by Crippen LogP contribution is -2.29. The van der Waals surface area contributed by atoms with Crippen molar-refractivity contribution in [2.75, 3.05) is 6.54 Å². The van der Waals surface area contributed by atoms with Crippen molar-refractivity contribution in [3.05, 3.63) is 0 Å². The van der Waals surface area contributed by atoms with Crippen LogP contribution >= 0.6 is 11.6 Å². The van der Waals surface area contributed by atoms with Gasteiger partial charge in [0.2, 0.25) is 5.91 Å². The molecule has 72 valence electrons. The fourth-order valence-corrected chi connectivity index (χ4v) is 0.869. The average Bonchev–Trinajstić information content (AvgIpc) is 2.03. The van der Waals surface area contributed by atoms with Crippen LogP contribution in [0.3, 0.4) is 0 Å². The van der Waals surface area contributed by atoms with Crippen LogP contribution in [0.25, 0.3) is 0 Å². The molecule has 1 atom stereocenters. The first kappa shape index (κ1) is 11.8. The standard InChI is InChI=1S/C9H18ClNO/c1-4-8(10)5-6-11-9(12)7(2)3/h7-8H,4-6H2,1-3H3,(H,11,12). The lowest BCUT2D eigenvalue weighted by Gasteiger charge is -2.09. The summed E-state index contributed by atoms with van der Waals surface area (Å²) in [6.07, 6.45) is 1.82. The Morgan fingerprint density at radius 2 is 2.08 bits per heavy atom. The van der Waals surface area contributed by atoms with Gasteiger partial charge in [0.25, 0.3) is 0 Å². The van der Waals surface area contributed by atoms with E-state index in [1.165, 1.54) is 0 Å². The van der Waals surface area contributed by atoms with Crippen LogP contribution in [0.2, 0.25) is 0 Å².